The Morgan fingerprint density at radius 1 is 1.11 bits per heavy atom. The van der Waals surface area contributed by atoms with Gasteiger partial charge in [0.1, 0.15) is 11.3 Å². The van der Waals surface area contributed by atoms with Crippen LogP contribution in [0.4, 0.5) is 28.4 Å². The molecule has 11 nitrogen and oxygen atoms in total. The molecule has 204 valence electrons. The number of alkyl halides is 3. The number of thiocarbonyl (C=S) groups is 1. The molecule has 3 N–H and O–H groups in total. The maximum absolute atomic E-state index is 13.5. The third-order valence-electron chi connectivity index (χ3n) is 4.05. The van der Waals surface area contributed by atoms with E-state index in [1.165, 1.54) is 17.2 Å². The second-order valence-electron chi connectivity index (χ2n) is 8.04. The van der Waals surface area contributed by atoms with Gasteiger partial charge in [-0.05, 0) is 52.9 Å². The zero-order valence-electron chi connectivity index (χ0n) is 20.6. The highest BCUT2D eigenvalue weighted by molar-refractivity contribution is 7.80. The quantitative estimate of drug-likeness (QED) is 0.232. The summed E-state index contributed by atoms with van der Waals surface area (Å²) < 4.78 is 60.1. The van der Waals surface area contributed by atoms with Crippen LogP contribution < -0.4 is 15.5 Å². The summed E-state index contributed by atoms with van der Waals surface area (Å²) >= 11 is 5.21. The number of alkyl carbamates (subject to hydrolysis) is 2. The number of aromatic amines is 1. The molecular weight excluding hydrogens is 509 g/mol. The van der Waals surface area contributed by atoms with Crippen LogP contribution >= 0.6 is 12.2 Å². The van der Waals surface area contributed by atoms with Crippen LogP contribution in [0, 0.1) is 0 Å². The standard InChI is InChI=1S/C21H31F3N4O7S/c1-6-32-16(29)15-13(8-9-25-15)28(17(36)27-19(31)33-7-2)10-11-34-14(21(22,23)24)12-26-18(30)35-20(3,4)5/h8-9,14,25H,6-7,10-12H2,1-5H3,(H,26,30)(H,27,31,36). The lowest BCUT2D eigenvalue weighted by Crippen LogP contribution is -2.47. The zero-order valence-corrected chi connectivity index (χ0v) is 21.4. The molecule has 0 saturated heterocycles. The van der Waals surface area contributed by atoms with Crippen LogP contribution in [-0.2, 0) is 18.9 Å². The molecule has 0 aliphatic rings. The van der Waals surface area contributed by atoms with Gasteiger partial charge in [0.2, 0.25) is 0 Å². The van der Waals surface area contributed by atoms with Gasteiger partial charge in [0.15, 0.2) is 11.2 Å². The molecule has 0 bridgehead atoms. The first-order valence-corrected chi connectivity index (χ1v) is 11.3. The maximum atomic E-state index is 13.5. The Hall–Kier alpha value is -3.07. The predicted molar refractivity (Wildman–Crippen MR) is 127 cm³/mol. The van der Waals surface area contributed by atoms with E-state index in [-0.39, 0.29) is 36.3 Å². The molecule has 0 fully saturated rings. The van der Waals surface area contributed by atoms with Crippen molar-refractivity contribution in [2.75, 3.05) is 37.8 Å². The summed E-state index contributed by atoms with van der Waals surface area (Å²) in [5, 5.41) is 4.05. The van der Waals surface area contributed by atoms with Crippen LogP contribution in [0.15, 0.2) is 12.3 Å². The first-order valence-electron chi connectivity index (χ1n) is 10.9. The van der Waals surface area contributed by atoms with Gasteiger partial charge in [0.05, 0.1) is 32.1 Å². The summed E-state index contributed by atoms with van der Waals surface area (Å²) in [7, 11) is 0. The van der Waals surface area contributed by atoms with Gasteiger partial charge in [-0.2, -0.15) is 13.2 Å². The number of amides is 2. The van der Waals surface area contributed by atoms with Crippen molar-refractivity contribution in [3.05, 3.63) is 18.0 Å². The number of anilines is 1. The highest BCUT2D eigenvalue weighted by Crippen LogP contribution is 2.24. The molecule has 0 aliphatic heterocycles. The van der Waals surface area contributed by atoms with E-state index in [0.29, 0.717) is 0 Å². The van der Waals surface area contributed by atoms with E-state index in [1.807, 2.05) is 5.32 Å². The van der Waals surface area contributed by atoms with Crippen molar-refractivity contribution >= 4 is 41.2 Å². The molecule has 36 heavy (non-hydrogen) atoms. The van der Waals surface area contributed by atoms with E-state index < -0.39 is 49.2 Å². The van der Waals surface area contributed by atoms with Crippen molar-refractivity contribution in [2.45, 2.75) is 52.5 Å². The Balaban J connectivity index is 3.00. The molecule has 0 radical (unpaired) electrons. The smallest absolute Gasteiger partial charge is 0.416 e. The fraction of sp³-hybridized carbons (Fsp3) is 0.619. The molecule has 1 rings (SSSR count). The first kappa shape index (κ1) is 31.0. The summed E-state index contributed by atoms with van der Waals surface area (Å²) in [6.07, 6.45) is -7.71. The van der Waals surface area contributed by atoms with E-state index in [0.717, 1.165) is 0 Å². The van der Waals surface area contributed by atoms with Gasteiger partial charge in [-0.1, -0.05) is 0 Å². The van der Waals surface area contributed by atoms with Crippen molar-refractivity contribution in [1.29, 1.82) is 0 Å². The Morgan fingerprint density at radius 2 is 1.75 bits per heavy atom. The lowest BCUT2D eigenvalue weighted by atomic mass is 10.2. The van der Waals surface area contributed by atoms with Gasteiger partial charge in [0.25, 0.3) is 0 Å². The number of carbonyl (C=O) groups is 3. The fourth-order valence-corrected chi connectivity index (χ4v) is 2.92. The topological polar surface area (TPSA) is 131 Å². The normalized spacial score (nSPS) is 12.3. The second-order valence-corrected chi connectivity index (χ2v) is 8.43. The fourth-order valence-electron chi connectivity index (χ4n) is 2.65. The van der Waals surface area contributed by atoms with Gasteiger partial charge >= 0.3 is 24.3 Å². The number of nitrogens with one attached hydrogen (secondary N) is 3. The van der Waals surface area contributed by atoms with Crippen molar-refractivity contribution in [3.63, 3.8) is 0 Å². The van der Waals surface area contributed by atoms with Crippen molar-refractivity contribution < 1.29 is 46.5 Å². The minimum absolute atomic E-state index is 0.0381. The molecule has 0 aliphatic carbocycles. The van der Waals surface area contributed by atoms with Crippen LogP contribution in [-0.4, -0.2) is 79.0 Å². The summed E-state index contributed by atoms with van der Waals surface area (Å²) in [5.74, 6) is -0.739. The first-order chi connectivity index (χ1) is 16.7. The Labute approximate surface area is 211 Å². The van der Waals surface area contributed by atoms with Crippen LogP contribution in [0.25, 0.3) is 0 Å². The molecule has 1 aromatic rings. The second kappa shape index (κ2) is 13.9. The Morgan fingerprint density at radius 3 is 2.31 bits per heavy atom. The van der Waals surface area contributed by atoms with E-state index in [4.69, 9.17) is 31.2 Å². The summed E-state index contributed by atoms with van der Waals surface area (Å²) in [5.41, 5.74) is -0.799. The van der Waals surface area contributed by atoms with Crippen LogP contribution in [0.2, 0.25) is 0 Å². The summed E-state index contributed by atoms with van der Waals surface area (Å²) in [4.78, 5) is 39.7. The van der Waals surface area contributed by atoms with Crippen molar-refractivity contribution in [1.82, 2.24) is 15.6 Å². The van der Waals surface area contributed by atoms with Gasteiger partial charge in [-0.25, -0.2) is 14.4 Å². The third-order valence-corrected chi connectivity index (χ3v) is 4.38. The average Bonchev–Trinajstić information content (AvgIpc) is 3.20. The van der Waals surface area contributed by atoms with Gasteiger partial charge in [-0.3, -0.25) is 5.32 Å². The van der Waals surface area contributed by atoms with Crippen molar-refractivity contribution in [3.8, 4) is 0 Å². The highest BCUT2D eigenvalue weighted by atomic mass is 32.1. The van der Waals surface area contributed by atoms with E-state index in [1.54, 1.807) is 34.6 Å². The number of esters is 1. The molecule has 1 unspecified atom stereocenters. The summed E-state index contributed by atoms with van der Waals surface area (Å²) in [6, 6.07) is 1.43. The number of H-pyrrole nitrogens is 1. The summed E-state index contributed by atoms with van der Waals surface area (Å²) in [6.45, 7) is 6.23. The molecule has 1 aromatic heterocycles. The van der Waals surface area contributed by atoms with Gasteiger partial charge in [-0.15, -0.1) is 0 Å². The number of halogens is 3. The van der Waals surface area contributed by atoms with E-state index >= 15 is 0 Å². The van der Waals surface area contributed by atoms with Gasteiger partial charge in [0, 0.05) is 12.7 Å². The molecular formula is C21H31F3N4O7S. The molecule has 0 aromatic carbocycles. The van der Waals surface area contributed by atoms with Crippen molar-refractivity contribution in [2.24, 2.45) is 0 Å². The lowest BCUT2D eigenvalue weighted by molar-refractivity contribution is -0.217. The number of rotatable bonds is 10. The van der Waals surface area contributed by atoms with E-state index in [2.05, 4.69) is 10.3 Å². The molecule has 2 amide bonds. The van der Waals surface area contributed by atoms with Crippen LogP contribution in [0.1, 0.15) is 45.1 Å². The number of nitrogens with zero attached hydrogens (tertiary/aromatic N) is 1. The lowest BCUT2D eigenvalue weighted by Gasteiger charge is -2.27. The van der Waals surface area contributed by atoms with Crippen LogP contribution in [0.3, 0.4) is 0 Å². The van der Waals surface area contributed by atoms with Crippen LogP contribution in [0.5, 0.6) is 0 Å². The average molecular weight is 541 g/mol. The molecule has 1 atom stereocenters. The molecule has 0 saturated carbocycles. The Bertz CT molecular complexity index is 903. The third kappa shape index (κ3) is 10.7. The number of ether oxygens (including phenoxy) is 4. The predicted octanol–water partition coefficient (Wildman–Crippen LogP) is 3.50. The maximum Gasteiger partial charge on any atom is 0.416 e. The molecule has 15 heteroatoms. The Kier molecular flexibility index (Phi) is 11.9. The monoisotopic (exact) mass is 540 g/mol. The SMILES string of the molecule is CCOC(=O)NC(=S)N(CCOC(CNC(=O)OC(C)(C)C)C(F)(F)F)c1cc[nH]c1C(=O)OCC. The minimum Gasteiger partial charge on any atom is -0.461 e. The zero-order chi connectivity index (χ0) is 27.5. The number of hydrogen-bond donors (Lipinski definition) is 3. The minimum atomic E-state index is -4.81. The largest absolute Gasteiger partial charge is 0.461 e. The number of hydrogen-bond acceptors (Lipinski definition) is 8. The van der Waals surface area contributed by atoms with E-state index in [9.17, 15) is 27.6 Å². The molecule has 1 heterocycles. The molecule has 0 spiro atoms. The number of aromatic nitrogens is 1. The van der Waals surface area contributed by atoms with Gasteiger partial charge < -0.3 is 34.1 Å². The highest BCUT2D eigenvalue weighted by Gasteiger charge is 2.41. The number of carbonyl (C=O) groups excluding carboxylic acids is 3.